The Bertz CT molecular complexity index is 623. The van der Waals surface area contributed by atoms with Gasteiger partial charge in [0.1, 0.15) is 0 Å². The number of aromatic nitrogens is 2. The summed E-state index contributed by atoms with van der Waals surface area (Å²) in [7, 11) is 0. The molecule has 20 heavy (non-hydrogen) atoms. The number of halogens is 3. The van der Waals surface area contributed by atoms with Crippen molar-refractivity contribution in [2.24, 2.45) is 5.73 Å². The second-order valence-electron chi connectivity index (χ2n) is 5.22. The molecular weight excluding hydrogens is 332 g/mol. The highest BCUT2D eigenvalue weighted by Crippen LogP contribution is 2.30. The first-order valence-corrected chi connectivity index (χ1v) is 6.82. The molecule has 0 atom stereocenters. The van der Waals surface area contributed by atoms with Gasteiger partial charge in [0.25, 0.3) is 0 Å². The predicted molar refractivity (Wildman–Crippen MR) is 73.9 cm³/mol. The lowest BCUT2D eigenvalue weighted by molar-refractivity contribution is 0.358. The molecule has 0 saturated carbocycles. The minimum absolute atomic E-state index is 0.0241. The first kappa shape index (κ1) is 15.1. The Morgan fingerprint density at radius 2 is 2.05 bits per heavy atom. The Morgan fingerprint density at radius 3 is 2.70 bits per heavy atom. The van der Waals surface area contributed by atoms with Gasteiger partial charge in [-0.1, -0.05) is 5.16 Å². The zero-order valence-corrected chi connectivity index (χ0v) is 12.7. The molecule has 2 N–H and O–H groups in total. The molecule has 0 aliphatic carbocycles. The molecule has 0 spiro atoms. The Labute approximate surface area is 123 Å². The summed E-state index contributed by atoms with van der Waals surface area (Å²) >= 11 is 2.99. The van der Waals surface area contributed by atoms with Gasteiger partial charge in [0.05, 0.1) is 4.47 Å². The highest BCUT2D eigenvalue weighted by atomic mass is 79.9. The molecule has 4 nitrogen and oxygen atoms in total. The van der Waals surface area contributed by atoms with Crippen LogP contribution in [-0.2, 0) is 6.42 Å². The molecule has 0 saturated heterocycles. The van der Waals surface area contributed by atoms with Crippen LogP contribution in [0.25, 0.3) is 11.4 Å². The SMILES string of the molecule is CC(C)(N)CCc1nc(-c2ccc(F)c(F)c2Br)no1. The molecule has 2 aromatic rings. The maximum atomic E-state index is 13.5. The van der Waals surface area contributed by atoms with Crippen LogP contribution >= 0.6 is 15.9 Å². The third kappa shape index (κ3) is 3.40. The van der Waals surface area contributed by atoms with Crippen LogP contribution in [-0.4, -0.2) is 15.7 Å². The Balaban J connectivity index is 2.23. The number of aryl methyl sites for hydroxylation is 1. The summed E-state index contributed by atoms with van der Waals surface area (Å²) in [6.07, 6.45) is 1.20. The number of nitrogens with two attached hydrogens (primary N) is 1. The van der Waals surface area contributed by atoms with Gasteiger partial charge in [-0.3, -0.25) is 0 Å². The van der Waals surface area contributed by atoms with Crippen LogP contribution in [0.3, 0.4) is 0 Å². The third-order valence-corrected chi connectivity index (χ3v) is 3.50. The predicted octanol–water partition coefficient (Wildman–Crippen LogP) is 3.45. The van der Waals surface area contributed by atoms with Crippen LogP contribution < -0.4 is 5.73 Å². The van der Waals surface area contributed by atoms with E-state index in [1.54, 1.807) is 0 Å². The van der Waals surface area contributed by atoms with Gasteiger partial charge in [0, 0.05) is 17.5 Å². The van der Waals surface area contributed by atoms with Crippen molar-refractivity contribution in [1.82, 2.24) is 10.1 Å². The maximum absolute atomic E-state index is 13.5. The summed E-state index contributed by atoms with van der Waals surface area (Å²) in [6.45, 7) is 3.80. The monoisotopic (exact) mass is 345 g/mol. The summed E-state index contributed by atoms with van der Waals surface area (Å²) < 4.78 is 31.6. The van der Waals surface area contributed by atoms with Crippen molar-refractivity contribution in [1.29, 1.82) is 0 Å². The molecule has 0 aliphatic heterocycles. The number of benzene rings is 1. The summed E-state index contributed by atoms with van der Waals surface area (Å²) in [4.78, 5) is 4.16. The van der Waals surface area contributed by atoms with Crippen molar-refractivity contribution < 1.29 is 13.3 Å². The molecule has 108 valence electrons. The number of hydrogen-bond donors (Lipinski definition) is 1. The largest absolute Gasteiger partial charge is 0.339 e. The highest BCUT2D eigenvalue weighted by Gasteiger charge is 2.18. The fraction of sp³-hybridized carbons (Fsp3) is 0.385. The first-order valence-electron chi connectivity index (χ1n) is 6.03. The zero-order chi connectivity index (χ0) is 14.9. The molecule has 0 bridgehead atoms. The van der Waals surface area contributed by atoms with Gasteiger partial charge < -0.3 is 10.3 Å². The Morgan fingerprint density at radius 1 is 1.35 bits per heavy atom. The lowest BCUT2D eigenvalue weighted by Crippen LogP contribution is -2.32. The van der Waals surface area contributed by atoms with E-state index < -0.39 is 11.6 Å². The van der Waals surface area contributed by atoms with Crippen LogP contribution in [0.1, 0.15) is 26.2 Å². The molecular formula is C13H14BrF2N3O. The molecule has 0 aliphatic rings. The normalized spacial score (nSPS) is 11.9. The molecule has 7 heteroatoms. The quantitative estimate of drug-likeness (QED) is 0.862. The fourth-order valence-electron chi connectivity index (χ4n) is 1.59. The average molecular weight is 346 g/mol. The Hall–Kier alpha value is -1.34. The standard InChI is InChI=1S/C13H14BrF2N3O/c1-13(2,17)6-5-9-18-12(19-20-9)7-3-4-8(15)11(16)10(7)14/h3-4H,5-6,17H2,1-2H3. The second-order valence-corrected chi connectivity index (χ2v) is 6.02. The van der Waals surface area contributed by atoms with Crippen LogP contribution in [0.15, 0.2) is 21.1 Å². The third-order valence-electron chi connectivity index (χ3n) is 2.73. The van der Waals surface area contributed by atoms with Gasteiger partial charge in [-0.05, 0) is 48.3 Å². The minimum Gasteiger partial charge on any atom is -0.339 e. The summed E-state index contributed by atoms with van der Waals surface area (Å²) in [6, 6.07) is 2.42. The molecule has 0 unspecified atom stereocenters. The lowest BCUT2D eigenvalue weighted by atomic mass is 10.0. The summed E-state index contributed by atoms with van der Waals surface area (Å²) in [5, 5.41) is 3.77. The summed E-state index contributed by atoms with van der Waals surface area (Å²) in [5.74, 6) is -1.29. The first-order chi connectivity index (χ1) is 9.28. The highest BCUT2D eigenvalue weighted by molar-refractivity contribution is 9.10. The second kappa shape index (κ2) is 5.57. The molecule has 2 rings (SSSR count). The average Bonchev–Trinajstić information content (AvgIpc) is 2.81. The molecule has 0 amide bonds. The van der Waals surface area contributed by atoms with Gasteiger partial charge in [-0.25, -0.2) is 8.78 Å². The molecule has 1 aromatic carbocycles. The number of nitrogens with zero attached hydrogens (tertiary/aromatic N) is 2. The number of hydrogen-bond acceptors (Lipinski definition) is 4. The molecule has 1 heterocycles. The van der Waals surface area contributed by atoms with Gasteiger partial charge in [0.2, 0.25) is 11.7 Å². The maximum Gasteiger partial charge on any atom is 0.227 e. The van der Waals surface area contributed by atoms with Crippen LogP contribution in [0.4, 0.5) is 8.78 Å². The van der Waals surface area contributed by atoms with Crippen molar-refractivity contribution in [2.45, 2.75) is 32.2 Å². The van der Waals surface area contributed by atoms with Crippen molar-refractivity contribution in [3.8, 4) is 11.4 Å². The van der Waals surface area contributed by atoms with E-state index in [9.17, 15) is 8.78 Å². The van der Waals surface area contributed by atoms with E-state index in [0.717, 1.165) is 6.07 Å². The lowest BCUT2D eigenvalue weighted by Gasteiger charge is -2.16. The van der Waals surface area contributed by atoms with Crippen LogP contribution in [0.2, 0.25) is 0 Å². The van der Waals surface area contributed by atoms with E-state index in [1.165, 1.54) is 6.07 Å². The Kier molecular flexibility index (Phi) is 4.19. The van der Waals surface area contributed by atoms with Gasteiger partial charge in [-0.15, -0.1) is 0 Å². The molecule has 0 fully saturated rings. The van der Waals surface area contributed by atoms with Gasteiger partial charge >= 0.3 is 0 Å². The van der Waals surface area contributed by atoms with E-state index >= 15 is 0 Å². The minimum atomic E-state index is -0.975. The number of rotatable bonds is 4. The van der Waals surface area contributed by atoms with Crippen molar-refractivity contribution in [3.63, 3.8) is 0 Å². The smallest absolute Gasteiger partial charge is 0.227 e. The fourth-order valence-corrected chi connectivity index (χ4v) is 2.09. The van der Waals surface area contributed by atoms with Gasteiger partial charge in [0.15, 0.2) is 11.6 Å². The molecule has 1 aromatic heterocycles. The van der Waals surface area contributed by atoms with Crippen LogP contribution in [0.5, 0.6) is 0 Å². The topological polar surface area (TPSA) is 64.9 Å². The van der Waals surface area contributed by atoms with Crippen molar-refractivity contribution in [2.75, 3.05) is 0 Å². The van der Waals surface area contributed by atoms with Crippen molar-refractivity contribution in [3.05, 3.63) is 34.1 Å². The van der Waals surface area contributed by atoms with E-state index in [2.05, 4.69) is 26.1 Å². The van der Waals surface area contributed by atoms with Crippen molar-refractivity contribution >= 4 is 15.9 Å². The zero-order valence-electron chi connectivity index (χ0n) is 11.1. The van der Waals surface area contributed by atoms with E-state index in [1.807, 2.05) is 13.8 Å². The van der Waals surface area contributed by atoms with E-state index in [4.69, 9.17) is 10.3 Å². The van der Waals surface area contributed by atoms with Crippen LogP contribution in [0, 0.1) is 11.6 Å². The van der Waals surface area contributed by atoms with Gasteiger partial charge in [-0.2, -0.15) is 4.98 Å². The molecule has 0 radical (unpaired) electrons. The van der Waals surface area contributed by atoms with E-state index in [0.29, 0.717) is 24.3 Å². The van der Waals surface area contributed by atoms with E-state index in [-0.39, 0.29) is 15.8 Å². The summed E-state index contributed by atoms with van der Waals surface area (Å²) in [5.41, 5.74) is 5.88.